The predicted molar refractivity (Wildman–Crippen MR) is 62.1 cm³/mol. The molecule has 92 valence electrons. The van der Waals surface area contributed by atoms with E-state index >= 15 is 0 Å². The molecule has 0 bridgehead atoms. The maximum atomic E-state index is 12.0. The molecule has 2 atom stereocenters. The number of rotatable bonds is 0. The Labute approximate surface area is 97.1 Å². The molecule has 1 aliphatic carbocycles. The molecule has 1 unspecified atom stereocenters. The van der Waals surface area contributed by atoms with E-state index in [0.717, 1.165) is 32.2 Å². The third-order valence-electron chi connectivity index (χ3n) is 3.61. The third kappa shape index (κ3) is 2.03. The minimum absolute atomic E-state index is 0.142. The van der Waals surface area contributed by atoms with Gasteiger partial charge < -0.3 is 15.4 Å². The molecule has 0 spiro atoms. The first-order valence-electron chi connectivity index (χ1n) is 6.10. The lowest BCUT2D eigenvalue weighted by atomic mass is 9.95. The lowest BCUT2D eigenvalue weighted by Gasteiger charge is -2.30. The second-order valence-electron chi connectivity index (χ2n) is 6.06. The average molecular weight is 226 g/mol. The molecule has 1 heterocycles. The van der Waals surface area contributed by atoms with Gasteiger partial charge in [-0.1, -0.05) is 0 Å². The van der Waals surface area contributed by atoms with Crippen molar-refractivity contribution in [3.8, 4) is 0 Å². The number of ether oxygens (including phenoxy) is 1. The number of likely N-dealkylation sites (tertiary alicyclic amines) is 1. The fourth-order valence-corrected chi connectivity index (χ4v) is 2.86. The summed E-state index contributed by atoms with van der Waals surface area (Å²) in [7, 11) is 0. The van der Waals surface area contributed by atoms with Crippen LogP contribution in [0.5, 0.6) is 0 Å². The lowest BCUT2D eigenvalue weighted by Crippen LogP contribution is -2.49. The van der Waals surface area contributed by atoms with E-state index in [-0.39, 0.29) is 17.7 Å². The number of hydrogen-bond donors (Lipinski definition) is 1. The van der Waals surface area contributed by atoms with E-state index in [9.17, 15) is 4.79 Å². The van der Waals surface area contributed by atoms with Crippen LogP contribution in [0, 0.1) is 0 Å². The van der Waals surface area contributed by atoms with Gasteiger partial charge in [0.1, 0.15) is 5.60 Å². The molecule has 2 rings (SSSR count). The molecule has 1 amide bonds. The van der Waals surface area contributed by atoms with Crippen LogP contribution in [0.4, 0.5) is 4.79 Å². The highest BCUT2D eigenvalue weighted by Crippen LogP contribution is 2.40. The molecule has 0 radical (unpaired) electrons. The zero-order valence-corrected chi connectivity index (χ0v) is 10.5. The standard InChI is InChI=1S/C12H22N2O2/c1-11(2,3)16-10(15)14-8-7-12(13)6-4-5-9(12)14/h9H,4-8,13H2,1-3H3/t9?,12-/m1/s1. The number of carbonyl (C=O) groups excluding carboxylic acids is 1. The smallest absolute Gasteiger partial charge is 0.410 e. The Morgan fingerprint density at radius 3 is 2.75 bits per heavy atom. The quantitative estimate of drug-likeness (QED) is 0.686. The van der Waals surface area contributed by atoms with Gasteiger partial charge in [-0.15, -0.1) is 0 Å². The summed E-state index contributed by atoms with van der Waals surface area (Å²) in [6, 6.07) is 0.197. The molecule has 4 heteroatoms. The van der Waals surface area contributed by atoms with Crippen LogP contribution in [0.2, 0.25) is 0 Å². The summed E-state index contributed by atoms with van der Waals surface area (Å²) >= 11 is 0. The molecule has 2 fully saturated rings. The summed E-state index contributed by atoms with van der Waals surface area (Å²) in [5, 5.41) is 0. The molecule has 0 aromatic heterocycles. The summed E-state index contributed by atoms with van der Waals surface area (Å²) in [6.07, 6.45) is 3.90. The zero-order valence-electron chi connectivity index (χ0n) is 10.5. The van der Waals surface area contributed by atoms with Crippen LogP contribution in [-0.4, -0.2) is 34.7 Å². The maximum Gasteiger partial charge on any atom is 0.410 e. The number of carbonyl (C=O) groups is 1. The Bertz CT molecular complexity index is 298. The molecule has 0 aromatic carbocycles. The SMILES string of the molecule is CC(C)(C)OC(=O)N1CC[C@]2(N)CCCC12. The average Bonchev–Trinajstić information content (AvgIpc) is 2.56. The topological polar surface area (TPSA) is 55.6 Å². The summed E-state index contributed by atoms with van der Waals surface area (Å²) in [6.45, 7) is 6.43. The van der Waals surface area contributed by atoms with Gasteiger partial charge in [-0.3, -0.25) is 0 Å². The van der Waals surface area contributed by atoms with Crippen LogP contribution in [0.25, 0.3) is 0 Å². The van der Waals surface area contributed by atoms with Crippen molar-refractivity contribution in [2.24, 2.45) is 5.73 Å². The van der Waals surface area contributed by atoms with Crippen molar-refractivity contribution in [2.75, 3.05) is 6.54 Å². The van der Waals surface area contributed by atoms with Gasteiger partial charge in [0, 0.05) is 12.1 Å². The second kappa shape index (κ2) is 3.62. The Kier molecular flexibility index (Phi) is 2.65. The molecular weight excluding hydrogens is 204 g/mol. The Balaban J connectivity index is 2.04. The van der Waals surface area contributed by atoms with Crippen molar-refractivity contribution in [1.29, 1.82) is 0 Å². The Hall–Kier alpha value is -0.770. The van der Waals surface area contributed by atoms with Crippen LogP contribution in [0.15, 0.2) is 0 Å². The summed E-state index contributed by atoms with van der Waals surface area (Å²) in [4.78, 5) is 13.8. The lowest BCUT2D eigenvalue weighted by molar-refractivity contribution is 0.0211. The number of fused-ring (bicyclic) bond motifs is 1. The molecule has 1 saturated carbocycles. The van der Waals surface area contributed by atoms with Gasteiger partial charge in [-0.05, 0) is 46.5 Å². The van der Waals surface area contributed by atoms with Gasteiger partial charge in [0.2, 0.25) is 0 Å². The molecule has 0 aromatic rings. The van der Waals surface area contributed by atoms with Crippen molar-refractivity contribution in [3.63, 3.8) is 0 Å². The van der Waals surface area contributed by atoms with E-state index in [1.54, 1.807) is 0 Å². The van der Waals surface area contributed by atoms with Gasteiger partial charge in [0.05, 0.1) is 6.04 Å². The van der Waals surface area contributed by atoms with Crippen LogP contribution in [0.1, 0.15) is 46.5 Å². The second-order valence-corrected chi connectivity index (χ2v) is 6.06. The highest BCUT2D eigenvalue weighted by molar-refractivity contribution is 5.69. The van der Waals surface area contributed by atoms with Gasteiger partial charge in [-0.2, -0.15) is 0 Å². The van der Waals surface area contributed by atoms with Gasteiger partial charge in [-0.25, -0.2) is 4.79 Å². The first-order valence-corrected chi connectivity index (χ1v) is 6.10. The minimum Gasteiger partial charge on any atom is -0.444 e. The molecule has 1 aliphatic heterocycles. The maximum absolute atomic E-state index is 12.0. The van der Waals surface area contributed by atoms with E-state index in [1.165, 1.54) is 0 Å². The Morgan fingerprint density at radius 2 is 2.12 bits per heavy atom. The van der Waals surface area contributed by atoms with Gasteiger partial charge in [0.15, 0.2) is 0 Å². The normalized spacial score (nSPS) is 34.0. The molecule has 16 heavy (non-hydrogen) atoms. The van der Waals surface area contributed by atoms with Gasteiger partial charge >= 0.3 is 6.09 Å². The fourth-order valence-electron chi connectivity index (χ4n) is 2.86. The van der Waals surface area contributed by atoms with Crippen LogP contribution in [0.3, 0.4) is 0 Å². The summed E-state index contributed by atoms with van der Waals surface area (Å²) in [5.74, 6) is 0. The van der Waals surface area contributed by atoms with Crippen molar-refractivity contribution in [3.05, 3.63) is 0 Å². The molecule has 2 aliphatic rings. The van der Waals surface area contributed by atoms with Crippen molar-refractivity contribution in [1.82, 2.24) is 4.90 Å². The van der Waals surface area contributed by atoms with Crippen LogP contribution < -0.4 is 5.73 Å². The molecular formula is C12H22N2O2. The van der Waals surface area contributed by atoms with Crippen molar-refractivity contribution in [2.45, 2.75) is 63.6 Å². The number of nitrogens with two attached hydrogens (primary N) is 1. The highest BCUT2D eigenvalue weighted by Gasteiger charge is 2.50. The van der Waals surface area contributed by atoms with Crippen LogP contribution >= 0.6 is 0 Å². The Morgan fingerprint density at radius 1 is 1.44 bits per heavy atom. The van der Waals surface area contributed by atoms with Crippen LogP contribution in [-0.2, 0) is 4.74 Å². The number of amides is 1. The van der Waals surface area contributed by atoms with Crippen molar-refractivity contribution < 1.29 is 9.53 Å². The molecule has 2 N–H and O–H groups in total. The fraction of sp³-hybridized carbons (Fsp3) is 0.917. The number of hydrogen-bond acceptors (Lipinski definition) is 3. The summed E-state index contributed by atoms with van der Waals surface area (Å²) in [5.41, 5.74) is 5.74. The molecule has 4 nitrogen and oxygen atoms in total. The third-order valence-corrected chi connectivity index (χ3v) is 3.61. The predicted octanol–water partition coefficient (Wildman–Crippen LogP) is 1.88. The van der Waals surface area contributed by atoms with E-state index in [0.29, 0.717) is 0 Å². The molecule has 1 saturated heterocycles. The minimum atomic E-state index is -0.421. The first-order chi connectivity index (χ1) is 7.32. The largest absolute Gasteiger partial charge is 0.444 e. The number of nitrogens with zero attached hydrogens (tertiary/aromatic N) is 1. The van der Waals surface area contributed by atoms with E-state index < -0.39 is 5.60 Å². The van der Waals surface area contributed by atoms with Crippen molar-refractivity contribution >= 4 is 6.09 Å². The van der Waals surface area contributed by atoms with E-state index in [2.05, 4.69) is 0 Å². The van der Waals surface area contributed by atoms with E-state index in [4.69, 9.17) is 10.5 Å². The monoisotopic (exact) mass is 226 g/mol. The van der Waals surface area contributed by atoms with E-state index in [1.807, 2.05) is 25.7 Å². The van der Waals surface area contributed by atoms with Gasteiger partial charge in [0.25, 0.3) is 0 Å². The summed E-state index contributed by atoms with van der Waals surface area (Å²) < 4.78 is 5.41. The zero-order chi connectivity index (χ0) is 12.0. The highest BCUT2D eigenvalue weighted by atomic mass is 16.6. The first kappa shape index (κ1) is 11.7.